The summed E-state index contributed by atoms with van der Waals surface area (Å²) in [7, 11) is 0. The van der Waals surface area contributed by atoms with Gasteiger partial charge in [0.05, 0.1) is 0 Å². The maximum absolute atomic E-state index is 11.1. The largest absolute Gasteiger partial charge is 0.479 e. The molecule has 0 radical (unpaired) electrons. The van der Waals surface area contributed by atoms with Crippen LogP contribution in [0.1, 0.15) is 12.1 Å². The molecule has 19 heavy (non-hydrogen) atoms. The lowest BCUT2D eigenvalue weighted by atomic mass is 10.2. The van der Waals surface area contributed by atoms with Gasteiger partial charge in [-0.3, -0.25) is 0 Å². The molecular weight excluding hydrogens is 244 g/mol. The molecule has 5 heteroatoms. The third-order valence-corrected chi connectivity index (χ3v) is 2.80. The summed E-state index contributed by atoms with van der Waals surface area (Å²) in [5.41, 5.74) is 6.93. The van der Waals surface area contributed by atoms with Crippen LogP contribution in [0.5, 0.6) is 5.75 Å². The Morgan fingerprint density at radius 2 is 2.21 bits per heavy atom. The van der Waals surface area contributed by atoms with Crippen molar-refractivity contribution in [1.82, 2.24) is 4.98 Å². The van der Waals surface area contributed by atoms with Crippen LogP contribution in [0.15, 0.2) is 30.3 Å². The molecule has 5 nitrogen and oxygen atoms in total. The number of aliphatic carboxylic acids is 1. The van der Waals surface area contributed by atoms with Crippen LogP contribution in [0.2, 0.25) is 0 Å². The molecular formula is C14H16N2O3. The zero-order valence-electron chi connectivity index (χ0n) is 10.7. The molecule has 1 heterocycles. The average molecular weight is 260 g/mol. The van der Waals surface area contributed by atoms with Gasteiger partial charge in [-0.15, -0.1) is 0 Å². The van der Waals surface area contributed by atoms with Crippen molar-refractivity contribution in [3.63, 3.8) is 0 Å². The Kier molecular flexibility index (Phi) is 3.97. The Bertz CT molecular complexity index is 598. The minimum absolute atomic E-state index is 0.258. The number of hydrogen-bond acceptors (Lipinski definition) is 4. The number of nitrogens with zero attached hydrogens (tertiary/aromatic N) is 1. The van der Waals surface area contributed by atoms with Gasteiger partial charge in [0.25, 0.3) is 0 Å². The van der Waals surface area contributed by atoms with E-state index in [-0.39, 0.29) is 13.0 Å². The zero-order valence-corrected chi connectivity index (χ0v) is 10.7. The second-order valence-corrected chi connectivity index (χ2v) is 4.30. The number of carboxylic acids is 1. The van der Waals surface area contributed by atoms with Crippen LogP contribution in [0.4, 0.5) is 0 Å². The van der Waals surface area contributed by atoms with Crippen molar-refractivity contribution in [3.05, 3.63) is 36.0 Å². The number of nitrogens with two attached hydrogens (primary N) is 1. The van der Waals surface area contributed by atoms with E-state index in [9.17, 15) is 4.79 Å². The molecule has 3 N–H and O–H groups in total. The number of carboxylic acid groups (broad SMARTS) is 1. The number of carbonyl (C=O) groups is 1. The van der Waals surface area contributed by atoms with Gasteiger partial charge in [0.15, 0.2) is 6.10 Å². The van der Waals surface area contributed by atoms with Crippen LogP contribution in [0, 0.1) is 6.92 Å². The van der Waals surface area contributed by atoms with Crippen LogP contribution >= 0.6 is 0 Å². The van der Waals surface area contributed by atoms with Crippen molar-refractivity contribution in [1.29, 1.82) is 0 Å². The fourth-order valence-electron chi connectivity index (χ4n) is 1.85. The molecule has 1 aromatic carbocycles. The standard InChI is InChI=1S/C14H16N2O3/c1-9-5-6-10-3-2-4-11(13(10)16-9)19-12(7-8-15)14(17)18/h2-6,12H,7-8,15H2,1H3,(H,17,18). The minimum atomic E-state index is -1.02. The molecule has 100 valence electrons. The number of hydrogen-bond donors (Lipinski definition) is 2. The maximum atomic E-state index is 11.1. The van der Waals surface area contributed by atoms with Crippen molar-refractivity contribution in [3.8, 4) is 5.75 Å². The number of ether oxygens (including phenoxy) is 1. The van der Waals surface area contributed by atoms with Crippen LogP contribution in [-0.2, 0) is 4.79 Å². The number of rotatable bonds is 5. The van der Waals surface area contributed by atoms with Gasteiger partial charge in [0.2, 0.25) is 0 Å². The topological polar surface area (TPSA) is 85.4 Å². The van der Waals surface area contributed by atoms with Crippen molar-refractivity contribution < 1.29 is 14.6 Å². The van der Waals surface area contributed by atoms with Gasteiger partial charge in [0.1, 0.15) is 11.3 Å². The van der Waals surface area contributed by atoms with Crippen LogP contribution in [0.25, 0.3) is 10.9 Å². The molecule has 0 aliphatic carbocycles. The Morgan fingerprint density at radius 3 is 2.89 bits per heavy atom. The Hall–Kier alpha value is -2.14. The van der Waals surface area contributed by atoms with E-state index in [4.69, 9.17) is 15.6 Å². The summed E-state index contributed by atoms with van der Waals surface area (Å²) >= 11 is 0. The lowest BCUT2D eigenvalue weighted by Gasteiger charge is -2.15. The third-order valence-electron chi connectivity index (χ3n) is 2.80. The molecule has 1 atom stereocenters. The number of fused-ring (bicyclic) bond motifs is 1. The number of benzene rings is 1. The van der Waals surface area contributed by atoms with Gasteiger partial charge in [-0.1, -0.05) is 18.2 Å². The molecule has 2 aromatic rings. The predicted molar refractivity (Wildman–Crippen MR) is 72.2 cm³/mol. The first kappa shape index (κ1) is 13.3. The SMILES string of the molecule is Cc1ccc2cccc(OC(CCN)C(=O)O)c2n1. The Labute approximate surface area is 111 Å². The van der Waals surface area contributed by atoms with Crippen molar-refractivity contribution >= 4 is 16.9 Å². The second-order valence-electron chi connectivity index (χ2n) is 4.30. The Morgan fingerprint density at radius 1 is 1.42 bits per heavy atom. The highest BCUT2D eigenvalue weighted by Crippen LogP contribution is 2.25. The third kappa shape index (κ3) is 3.00. The van der Waals surface area contributed by atoms with E-state index >= 15 is 0 Å². The zero-order chi connectivity index (χ0) is 13.8. The van der Waals surface area contributed by atoms with E-state index < -0.39 is 12.1 Å². The summed E-state index contributed by atoms with van der Waals surface area (Å²) < 4.78 is 5.54. The fraction of sp³-hybridized carbons (Fsp3) is 0.286. The highest BCUT2D eigenvalue weighted by Gasteiger charge is 2.19. The summed E-state index contributed by atoms with van der Waals surface area (Å²) in [4.78, 5) is 15.5. The maximum Gasteiger partial charge on any atom is 0.344 e. The van der Waals surface area contributed by atoms with Crippen LogP contribution in [-0.4, -0.2) is 28.7 Å². The predicted octanol–water partition coefficient (Wildman–Crippen LogP) is 1.72. The van der Waals surface area contributed by atoms with E-state index in [1.807, 2.05) is 31.2 Å². The van der Waals surface area contributed by atoms with Crippen molar-refractivity contribution in [2.75, 3.05) is 6.54 Å². The van der Waals surface area contributed by atoms with Crippen molar-refractivity contribution in [2.24, 2.45) is 5.73 Å². The van der Waals surface area contributed by atoms with E-state index in [1.54, 1.807) is 6.07 Å². The number of para-hydroxylation sites is 1. The summed E-state index contributed by atoms with van der Waals surface area (Å²) in [5, 5.41) is 10.0. The lowest BCUT2D eigenvalue weighted by Crippen LogP contribution is -2.29. The van der Waals surface area contributed by atoms with Gasteiger partial charge in [-0.25, -0.2) is 9.78 Å². The quantitative estimate of drug-likeness (QED) is 0.855. The molecule has 0 aliphatic rings. The Balaban J connectivity index is 2.38. The average Bonchev–Trinajstić information content (AvgIpc) is 2.38. The lowest BCUT2D eigenvalue weighted by molar-refractivity contribution is -0.145. The smallest absolute Gasteiger partial charge is 0.344 e. The van der Waals surface area contributed by atoms with E-state index in [0.29, 0.717) is 11.3 Å². The van der Waals surface area contributed by atoms with E-state index in [0.717, 1.165) is 11.1 Å². The number of pyridine rings is 1. The molecule has 0 saturated carbocycles. The first-order chi connectivity index (χ1) is 9.11. The van der Waals surface area contributed by atoms with Crippen LogP contribution < -0.4 is 10.5 Å². The highest BCUT2D eigenvalue weighted by molar-refractivity contribution is 5.85. The van der Waals surface area contributed by atoms with E-state index in [2.05, 4.69) is 4.98 Å². The van der Waals surface area contributed by atoms with Gasteiger partial charge in [0, 0.05) is 17.5 Å². The van der Waals surface area contributed by atoms with Gasteiger partial charge in [-0.05, 0) is 25.6 Å². The molecule has 0 amide bonds. The molecule has 0 spiro atoms. The second kappa shape index (κ2) is 5.67. The van der Waals surface area contributed by atoms with Gasteiger partial charge < -0.3 is 15.6 Å². The molecule has 1 aromatic heterocycles. The molecule has 1 unspecified atom stereocenters. The van der Waals surface area contributed by atoms with Crippen molar-refractivity contribution in [2.45, 2.75) is 19.4 Å². The first-order valence-corrected chi connectivity index (χ1v) is 6.07. The summed E-state index contributed by atoms with van der Waals surface area (Å²) in [6.07, 6.45) is -0.685. The summed E-state index contributed by atoms with van der Waals surface area (Å²) in [6.45, 7) is 2.14. The fourth-order valence-corrected chi connectivity index (χ4v) is 1.85. The number of aryl methyl sites for hydroxylation is 1. The first-order valence-electron chi connectivity index (χ1n) is 6.07. The van der Waals surface area contributed by atoms with Crippen LogP contribution in [0.3, 0.4) is 0 Å². The summed E-state index contributed by atoms with van der Waals surface area (Å²) in [5.74, 6) is -0.544. The summed E-state index contributed by atoms with van der Waals surface area (Å²) in [6, 6.07) is 9.29. The molecule has 0 bridgehead atoms. The normalized spacial score (nSPS) is 12.3. The van der Waals surface area contributed by atoms with Gasteiger partial charge in [-0.2, -0.15) is 0 Å². The van der Waals surface area contributed by atoms with E-state index in [1.165, 1.54) is 0 Å². The molecule has 0 saturated heterocycles. The molecule has 2 rings (SSSR count). The number of aromatic nitrogens is 1. The highest BCUT2D eigenvalue weighted by atomic mass is 16.5. The van der Waals surface area contributed by atoms with Gasteiger partial charge >= 0.3 is 5.97 Å². The monoisotopic (exact) mass is 260 g/mol. The minimum Gasteiger partial charge on any atom is -0.479 e. The molecule has 0 aliphatic heterocycles. The molecule has 0 fully saturated rings.